The molecule has 0 fully saturated rings. The summed E-state index contributed by atoms with van der Waals surface area (Å²) in [5, 5.41) is 2.56. The van der Waals surface area contributed by atoms with Gasteiger partial charge in [0, 0.05) is 16.9 Å². The molecular weight excluding hydrogens is 296 g/mol. The summed E-state index contributed by atoms with van der Waals surface area (Å²) in [6.45, 7) is 8.71. The van der Waals surface area contributed by atoms with E-state index < -0.39 is 0 Å². The maximum atomic E-state index is 6.09. The van der Waals surface area contributed by atoms with Gasteiger partial charge in [-0.05, 0) is 28.8 Å². The van der Waals surface area contributed by atoms with Crippen molar-refractivity contribution in [3.05, 3.63) is 71.4 Å². The fourth-order valence-corrected chi connectivity index (χ4v) is 3.29. The van der Waals surface area contributed by atoms with Gasteiger partial charge in [-0.2, -0.15) is 0 Å². The van der Waals surface area contributed by atoms with Crippen molar-refractivity contribution in [2.24, 2.45) is 5.41 Å². The molecule has 24 heavy (non-hydrogen) atoms. The van der Waals surface area contributed by atoms with Crippen molar-refractivity contribution in [2.45, 2.75) is 40.0 Å². The molecule has 0 bridgehead atoms. The van der Waals surface area contributed by atoms with Crippen molar-refractivity contribution in [1.82, 2.24) is 0 Å². The molecule has 2 aromatic carbocycles. The van der Waals surface area contributed by atoms with E-state index in [1.807, 2.05) is 0 Å². The molecule has 0 saturated heterocycles. The fraction of sp³-hybridized carbons (Fsp3) is 0.364. The highest BCUT2D eigenvalue weighted by molar-refractivity contribution is 5.86. The van der Waals surface area contributed by atoms with Crippen LogP contribution in [0.25, 0.3) is 10.8 Å². The number of rotatable bonds is 3. The summed E-state index contributed by atoms with van der Waals surface area (Å²) in [6.07, 6.45) is 3.06. The Morgan fingerprint density at radius 3 is 2.46 bits per heavy atom. The zero-order valence-corrected chi connectivity index (χ0v) is 15.2. The number of benzene rings is 2. The molecule has 1 heterocycles. The Hall–Kier alpha value is -2.22. The molecule has 1 aliphatic heterocycles. The first-order valence-electron chi connectivity index (χ1n) is 8.55. The monoisotopic (exact) mass is 322 g/mol. The second kappa shape index (κ2) is 6.35. The van der Waals surface area contributed by atoms with E-state index in [1.165, 1.54) is 21.9 Å². The maximum absolute atomic E-state index is 6.09. The van der Waals surface area contributed by atoms with Crippen molar-refractivity contribution in [3.8, 4) is 0 Å². The van der Waals surface area contributed by atoms with Gasteiger partial charge in [0.05, 0.1) is 7.11 Å². The smallest absolute Gasteiger partial charge is 0.284 e. The Balaban J connectivity index is 2.00. The van der Waals surface area contributed by atoms with E-state index in [0.29, 0.717) is 5.95 Å². The van der Waals surface area contributed by atoms with Crippen molar-refractivity contribution >= 4 is 10.8 Å². The minimum Gasteiger partial charge on any atom is -0.468 e. The summed E-state index contributed by atoms with van der Waals surface area (Å²) in [7, 11) is 1.69. The number of hydrogen-bond donors (Lipinski definition) is 0. The molecular formula is C22H26O2. The lowest BCUT2D eigenvalue weighted by molar-refractivity contribution is 0.0661. The Labute approximate surface area is 144 Å². The summed E-state index contributed by atoms with van der Waals surface area (Å²) in [5.74, 6) is 1.87. The van der Waals surface area contributed by atoms with E-state index in [-0.39, 0.29) is 11.3 Å². The molecule has 3 rings (SSSR count). The van der Waals surface area contributed by atoms with E-state index >= 15 is 0 Å². The molecule has 0 amide bonds. The highest BCUT2D eigenvalue weighted by Crippen LogP contribution is 2.40. The van der Waals surface area contributed by atoms with Gasteiger partial charge in [0.1, 0.15) is 5.76 Å². The second-order valence-corrected chi connectivity index (χ2v) is 7.43. The van der Waals surface area contributed by atoms with Crippen LogP contribution in [0.15, 0.2) is 65.8 Å². The van der Waals surface area contributed by atoms with Gasteiger partial charge in [-0.15, -0.1) is 0 Å². The van der Waals surface area contributed by atoms with Crippen molar-refractivity contribution in [1.29, 1.82) is 0 Å². The molecule has 0 radical (unpaired) electrons. The first-order valence-corrected chi connectivity index (χ1v) is 8.55. The average Bonchev–Trinajstić information content (AvgIpc) is 2.59. The van der Waals surface area contributed by atoms with Crippen LogP contribution in [0.4, 0.5) is 0 Å². The molecule has 2 nitrogen and oxygen atoms in total. The predicted octanol–water partition coefficient (Wildman–Crippen LogP) is 6.15. The summed E-state index contributed by atoms with van der Waals surface area (Å²) >= 11 is 0. The minimum absolute atomic E-state index is 0.0159. The summed E-state index contributed by atoms with van der Waals surface area (Å²) in [5.41, 5.74) is 2.49. The average molecular weight is 322 g/mol. The van der Waals surface area contributed by atoms with Crippen LogP contribution in [-0.4, -0.2) is 7.11 Å². The summed E-state index contributed by atoms with van der Waals surface area (Å²) in [4.78, 5) is 0. The Morgan fingerprint density at radius 1 is 1.04 bits per heavy atom. The lowest BCUT2D eigenvalue weighted by Gasteiger charge is -2.30. The van der Waals surface area contributed by atoms with Gasteiger partial charge < -0.3 is 9.47 Å². The van der Waals surface area contributed by atoms with Crippen LogP contribution >= 0.6 is 0 Å². The number of hydrogen-bond acceptors (Lipinski definition) is 2. The molecule has 0 aliphatic carbocycles. The lowest BCUT2D eigenvalue weighted by atomic mass is 9.85. The molecule has 126 valence electrons. The van der Waals surface area contributed by atoms with Crippen LogP contribution < -0.4 is 0 Å². The second-order valence-electron chi connectivity index (χ2n) is 7.43. The van der Waals surface area contributed by atoms with Crippen molar-refractivity contribution in [3.63, 3.8) is 0 Å². The third kappa shape index (κ3) is 3.06. The SMILES string of the molecule is COC1=C(C(C)c2cccc3ccccc23)CC=C(C(C)(C)C)O1. The van der Waals surface area contributed by atoms with E-state index in [2.05, 4.69) is 76.2 Å². The number of allylic oxidation sites excluding steroid dienone is 3. The van der Waals surface area contributed by atoms with Crippen LogP contribution in [0, 0.1) is 5.41 Å². The van der Waals surface area contributed by atoms with Gasteiger partial charge >= 0.3 is 0 Å². The number of fused-ring (bicyclic) bond motifs is 1. The molecule has 2 heteroatoms. The van der Waals surface area contributed by atoms with Gasteiger partial charge in [-0.25, -0.2) is 0 Å². The maximum Gasteiger partial charge on any atom is 0.284 e. The van der Waals surface area contributed by atoms with E-state index in [4.69, 9.17) is 9.47 Å². The van der Waals surface area contributed by atoms with Gasteiger partial charge in [-0.1, -0.05) is 70.2 Å². The highest BCUT2D eigenvalue weighted by atomic mass is 16.7. The van der Waals surface area contributed by atoms with E-state index in [0.717, 1.165) is 12.2 Å². The van der Waals surface area contributed by atoms with E-state index in [9.17, 15) is 0 Å². The highest BCUT2D eigenvalue weighted by Gasteiger charge is 2.28. The largest absolute Gasteiger partial charge is 0.468 e. The quantitative estimate of drug-likeness (QED) is 0.674. The Kier molecular flexibility index (Phi) is 4.40. The lowest BCUT2D eigenvalue weighted by Crippen LogP contribution is -2.18. The molecule has 0 N–H and O–H groups in total. The topological polar surface area (TPSA) is 18.5 Å². The molecule has 0 aromatic heterocycles. The first kappa shape index (κ1) is 16.6. The predicted molar refractivity (Wildman–Crippen MR) is 99.6 cm³/mol. The third-order valence-corrected chi connectivity index (χ3v) is 4.71. The van der Waals surface area contributed by atoms with Crippen LogP contribution in [0.2, 0.25) is 0 Å². The van der Waals surface area contributed by atoms with Gasteiger partial charge in [0.2, 0.25) is 0 Å². The Morgan fingerprint density at radius 2 is 1.75 bits per heavy atom. The molecule has 1 aliphatic rings. The summed E-state index contributed by atoms with van der Waals surface area (Å²) < 4.78 is 11.7. The summed E-state index contributed by atoms with van der Waals surface area (Å²) in [6, 6.07) is 15.0. The molecule has 1 unspecified atom stereocenters. The molecule has 0 saturated carbocycles. The third-order valence-electron chi connectivity index (χ3n) is 4.71. The van der Waals surface area contributed by atoms with Gasteiger partial charge in [0.25, 0.3) is 5.95 Å². The van der Waals surface area contributed by atoms with Crippen LogP contribution in [0.5, 0.6) is 0 Å². The normalized spacial score (nSPS) is 16.6. The Bertz CT molecular complexity index is 801. The van der Waals surface area contributed by atoms with Crippen molar-refractivity contribution < 1.29 is 9.47 Å². The van der Waals surface area contributed by atoms with Crippen LogP contribution in [-0.2, 0) is 9.47 Å². The van der Waals surface area contributed by atoms with Crippen LogP contribution in [0.1, 0.15) is 45.6 Å². The van der Waals surface area contributed by atoms with Crippen molar-refractivity contribution in [2.75, 3.05) is 7.11 Å². The van der Waals surface area contributed by atoms with Gasteiger partial charge in [-0.3, -0.25) is 0 Å². The molecule has 0 spiro atoms. The number of ether oxygens (including phenoxy) is 2. The molecule has 1 atom stereocenters. The first-order chi connectivity index (χ1) is 11.4. The number of methoxy groups -OCH3 is 1. The molecule has 2 aromatic rings. The minimum atomic E-state index is -0.0159. The van der Waals surface area contributed by atoms with Gasteiger partial charge in [0.15, 0.2) is 0 Å². The van der Waals surface area contributed by atoms with E-state index in [1.54, 1.807) is 7.11 Å². The van der Waals surface area contributed by atoms with Crippen LogP contribution in [0.3, 0.4) is 0 Å². The standard InChI is InChI=1S/C22H26O2/c1-15(17-12-8-10-16-9-6-7-11-19(16)17)18-13-14-20(22(2,3)4)24-21(18)23-5/h6-12,14-15H,13H2,1-5H3. The zero-order chi connectivity index (χ0) is 17.3. The fourth-order valence-electron chi connectivity index (χ4n) is 3.29. The zero-order valence-electron chi connectivity index (χ0n) is 15.2.